The Morgan fingerprint density at radius 2 is 1.83 bits per heavy atom. The minimum Gasteiger partial charge on any atom is -0.493 e. The Morgan fingerprint density at radius 3 is 2.56 bits per heavy atom. The monoisotopic (exact) mass is 572 g/mol. The van der Waals surface area contributed by atoms with E-state index in [0.717, 1.165) is 5.04 Å². The number of carbonyl (C=O) groups is 1. The number of halogens is 1. The van der Waals surface area contributed by atoms with Crippen molar-refractivity contribution in [2.24, 2.45) is 10.1 Å². The summed E-state index contributed by atoms with van der Waals surface area (Å²) < 4.78 is 23.5. The van der Waals surface area contributed by atoms with Crippen molar-refractivity contribution in [3.63, 3.8) is 0 Å². The average Bonchev–Trinajstić information content (AvgIpc) is 3.29. The van der Waals surface area contributed by atoms with E-state index in [4.69, 9.17) is 24.4 Å². The van der Waals surface area contributed by atoms with Crippen LogP contribution in [0.5, 0.6) is 23.0 Å². The number of nitrogens with zero attached hydrogens (tertiary/aromatic N) is 3. The van der Waals surface area contributed by atoms with E-state index in [0.29, 0.717) is 57.8 Å². The average molecular weight is 573 g/mol. The highest BCUT2D eigenvalue weighted by molar-refractivity contribution is 9.10. The molecule has 0 atom stereocenters. The second-order valence-corrected chi connectivity index (χ2v) is 9.37. The standard InChI is InChI=1S/C25H25BrN4O5S/c1-4-21-29-30-23(27)16(24(31)28-25(30)36-21)12-15-13-17(26)22(20(14-15)33-5-2)35-11-10-34-19-9-7-6-8-18(19)32-3/h6-9,12-14,27H,4-5,10-11H2,1-3H3/b16-12+,27-23?. The lowest BCUT2D eigenvalue weighted by Gasteiger charge is -2.20. The van der Waals surface area contributed by atoms with E-state index in [1.807, 2.05) is 38.1 Å². The number of thioether (sulfide) groups is 1. The second kappa shape index (κ2) is 11.6. The summed E-state index contributed by atoms with van der Waals surface area (Å²) in [5.41, 5.74) is 0.801. The van der Waals surface area contributed by atoms with Gasteiger partial charge < -0.3 is 18.9 Å². The molecule has 1 amide bonds. The molecule has 2 aliphatic rings. The Hall–Kier alpha value is -3.31. The van der Waals surface area contributed by atoms with E-state index in [1.54, 1.807) is 25.3 Å². The quantitative estimate of drug-likeness (QED) is 0.302. The Morgan fingerprint density at radius 1 is 1.08 bits per heavy atom. The molecule has 2 aromatic rings. The molecule has 2 aliphatic heterocycles. The molecular formula is C25H25BrN4O5S. The number of ether oxygens (including phenoxy) is 4. The zero-order valence-corrected chi connectivity index (χ0v) is 22.4. The fourth-order valence-electron chi connectivity index (χ4n) is 3.45. The molecule has 0 bridgehead atoms. The summed E-state index contributed by atoms with van der Waals surface area (Å²) in [6.45, 7) is 4.82. The molecule has 0 saturated carbocycles. The lowest BCUT2D eigenvalue weighted by Crippen LogP contribution is -2.35. The first-order chi connectivity index (χ1) is 17.4. The van der Waals surface area contributed by atoms with Gasteiger partial charge in [0, 0.05) is 0 Å². The van der Waals surface area contributed by atoms with Gasteiger partial charge in [-0.2, -0.15) is 15.1 Å². The van der Waals surface area contributed by atoms with Crippen molar-refractivity contribution in [3.05, 3.63) is 52.0 Å². The summed E-state index contributed by atoms with van der Waals surface area (Å²) in [5.74, 6) is 1.80. The van der Waals surface area contributed by atoms with Gasteiger partial charge in [-0.05, 0) is 76.9 Å². The van der Waals surface area contributed by atoms with Gasteiger partial charge in [-0.25, -0.2) is 0 Å². The van der Waals surface area contributed by atoms with Crippen LogP contribution in [0.3, 0.4) is 0 Å². The third kappa shape index (κ3) is 5.57. The summed E-state index contributed by atoms with van der Waals surface area (Å²) in [6.07, 6.45) is 2.31. The zero-order valence-electron chi connectivity index (χ0n) is 20.0. The highest BCUT2D eigenvalue weighted by Crippen LogP contribution is 2.38. The number of amidine groups is 2. The van der Waals surface area contributed by atoms with Crippen molar-refractivity contribution < 1.29 is 23.7 Å². The molecule has 0 unspecified atom stereocenters. The van der Waals surface area contributed by atoms with E-state index in [-0.39, 0.29) is 18.0 Å². The van der Waals surface area contributed by atoms with Crippen LogP contribution in [0.25, 0.3) is 6.08 Å². The highest BCUT2D eigenvalue weighted by Gasteiger charge is 2.35. The van der Waals surface area contributed by atoms with Crippen LogP contribution in [0.1, 0.15) is 25.8 Å². The molecule has 4 rings (SSSR count). The normalized spacial score (nSPS) is 16.0. The largest absolute Gasteiger partial charge is 0.493 e. The molecule has 0 aliphatic carbocycles. The first-order valence-electron chi connectivity index (χ1n) is 11.3. The molecule has 188 valence electrons. The minimum atomic E-state index is -0.478. The fraction of sp³-hybridized carbons (Fsp3) is 0.280. The van der Waals surface area contributed by atoms with Gasteiger partial charge in [-0.1, -0.05) is 19.1 Å². The van der Waals surface area contributed by atoms with Gasteiger partial charge in [0.2, 0.25) is 5.17 Å². The molecule has 2 heterocycles. The molecule has 9 nitrogen and oxygen atoms in total. The Labute approximate surface area is 221 Å². The maximum absolute atomic E-state index is 12.7. The van der Waals surface area contributed by atoms with E-state index in [1.165, 1.54) is 16.8 Å². The van der Waals surface area contributed by atoms with E-state index in [9.17, 15) is 4.79 Å². The van der Waals surface area contributed by atoms with Crippen LogP contribution in [0, 0.1) is 5.41 Å². The lowest BCUT2D eigenvalue weighted by molar-refractivity contribution is -0.114. The van der Waals surface area contributed by atoms with Gasteiger partial charge in [0.05, 0.1) is 23.8 Å². The SMILES string of the molecule is CCOc1cc(/C=C2\C(=N)N3N=C(CC)SC3=NC2=O)cc(Br)c1OCCOc1ccccc1OC. The number of fused-ring (bicyclic) bond motifs is 1. The van der Waals surface area contributed by atoms with Crippen LogP contribution in [0.2, 0.25) is 0 Å². The molecule has 1 N–H and O–H groups in total. The number of para-hydroxylation sites is 2. The Kier molecular flexibility index (Phi) is 8.32. The number of aliphatic imine (C=N–C) groups is 1. The van der Waals surface area contributed by atoms with Crippen molar-refractivity contribution in [2.45, 2.75) is 20.3 Å². The number of rotatable bonds is 10. The summed E-state index contributed by atoms with van der Waals surface area (Å²) in [7, 11) is 1.59. The minimum absolute atomic E-state index is 0.0103. The molecule has 2 aromatic carbocycles. The van der Waals surface area contributed by atoms with Gasteiger partial charge in [-0.15, -0.1) is 0 Å². The van der Waals surface area contributed by atoms with Crippen LogP contribution in [-0.4, -0.2) is 53.9 Å². The molecule has 36 heavy (non-hydrogen) atoms. The molecule has 0 spiro atoms. The summed E-state index contributed by atoms with van der Waals surface area (Å²) in [6, 6.07) is 11.0. The van der Waals surface area contributed by atoms with E-state index < -0.39 is 5.91 Å². The number of hydrogen-bond donors (Lipinski definition) is 1. The number of amides is 1. The van der Waals surface area contributed by atoms with E-state index >= 15 is 0 Å². The predicted octanol–water partition coefficient (Wildman–Crippen LogP) is 5.34. The number of nitrogens with one attached hydrogen (secondary N) is 1. The number of hydrazone groups is 1. The third-order valence-electron chi connectivity index (χ3n) is 5.10. The summed E-state index contributed by atoms with van der Waals surface area (Å²) in [4.78, 5) is 16.8. The Bertz CT molecular complexity index is 1280. The van der Waals surface area contributed by atoms with Crippen molar-refractivity contribution in [1.29, 1.82) is 5.41 Å². The van der Waals surface area contributed by atoms with Crippen LogP contribution in [0.4, 0.5) is 0 Å². The molecule has 0 radical (unpaired) electrons. The second-order valence-electron chi connectivity index (χ2n) is 7.48. The van der Waals surface area contributed by atoms with Crippen LogP contribution in [-0.2, 0) is 4.79 Å². The first kappa shape index (κ1) is 25.8. The van der Waals surface area contributed by atoms with Crippen LogP contribution >= 0.6 is 27.7 Å². The zero-order chi connectivity index (χ0) is 25.7. The third-order valence-corrected chi connectivity index (χ3v) is 6.74. The van der Waals surface area contributed by atoms with E-state index in [2.05, 4.69) is 26.0 Å². The number of carbonyl (C=O) groups excluding carboxylic acids is 1. The van der Waals surface area contributed by atoms with Crippen LogP contribution in [0.15, 0.2) is 56.5 Å². The highest BCUT2D eigenvalue weighted by atomic mass is 79.9. The maximum Gasteiger partial charge on any atom is 0.283 e. The smallest absolute Gasteiger partial charge is 0.283 e. The summed E-state index contributed by atoms with van der Waals surface area (Å²) >= 11 is 4.86. The maximum atomic E-state index is 12.7. The predicted molar refractivity (Wildman–Crippen MR) is 145 cm³/mol. The van der Waals surface area contributed by atoms with Gasteiger partial charge in [0.1, 0.15) is 18.3 Å². The number of hydrogen-bond acceptors (Lipinski definition) is 8. The van der Waals surface area contributed by atoms with Crippen molar-refractivity contribution in [3.8, 4) is 23.0 Å². The van der Waals surface area contributed by atoms with Gasteiger partial charge in [0.15, 0.2) is 28.8 Å². The first-order valence-corrected chi connectivity index (χ1v) is 12.9. The number of benzene rings is 2. The van der Waals surface area contributed by atoms with Gasteiger partial charge >= 0.3 is 0 Å². The van der Waals surface area contributed by atoms with Crippen molar-refractivity contribution >= 4 is 55.7 Å². The van der Waals surface area contributed by atoms with Crippen molar-refractivity contribution in [2.75, 3.05) is 26.9 Å². The van der Waals surface area contributed by atoms with Gasteiger partial charge in [-0.3, -0.25) is 10.2 Å². The Balaban J connectivity index is 1.51. The van der Waals surface area contributed by atoms with Crippen molar-refractivity contribution in [1.82, 2.24) is 5.01 Å². The number of methoxy groups -OCH3 is 1. The molecule has 11 heteroatoms. The molecular weight excluding hydrogens is 548 g/mol. The molecule has 0 aromatic heterocycles. The molecule has 0 saturated heterocycles. The summed E-state index contributed by atoms with van der Waals surface area (Å²) in [5, 5.41) is 15.5. The van der Waals surface area contributed by atoms with Gasteiger partial charge in [0.25, 0.3) is 5.91 Å². The lowest BCUT2D eigenvalue weighted by atomic mass is 10.1. The molecule has 0 fully saturated rings. The topological polar surface area (TPSA) is 106 Å². The van der Waals surface area contributed by atoms with Crippen LogP contribution < -0.4 is 18.9 Å². The fourth-order valence-corrected chi connectivity index (χ4v) is 4.85.